The maximum atomic E-state index is 12.1. The van der Waals surface area contributed by atoms with Crippen molar-refractivity contribution >= 4 is 5.91 Å². The average Bonchev–Trinajstić information content (AvgIpc) is 3.20. The Labute approximate surface area is 111 Å². The molecule has 104 valence electrons. The van der Waals surface area contributed by atoms with Crippen molar-refractivity contribution < 1.29 is 4.79 Å². The lowest BCUT2D eigenvalue weighted by Gasteiger charge is -2.23. The molecule has 1 saturated carbocycles. The molecule has 2 aliphatic rings. The number of hydrogen-bond donors (Lipinski definition) is 1. The van der Waals surface area contributed by atoms with Crippen LogP contribution in [-0.4, -0.2) is 36.5 Å². The molecule has 1 atom stereocenters. The van der Waals surface area contributed by atoms with Crippen molar-refractivity contribution in [1.82, 2.24) is 10.2 Å². The van der Waals surface area contributed by atoms with E-state index in [1.807, 2.05) is 0 Å². The molecule has 2 fully saturated rings. The third kappa shape index (κ3) is 4.60. The van der Waals surface area contributed by atoms with Crippen LogP contribution < -0.4 is 5.32 Å². The second-order valence-electron chi connectivity index (χ2n) is 5.96. The Hall–Kier alpha value is -0.570. The quantitative estimate of drug-likeness (QED) is 0.788. The topological polar surface area (TPSA) is 32.3 Å². The summed E-state index contributed by atoms with van der Waals surface area (Å²) in [6.07, 6.45) is 10.2. The minimum absolute atomic E-state index is 0.311. The number of carbonyl (C=O) groups is 1. The number of amides is 1. The fourth-order valence-corrected chi connectivity index (χ4v) is 2.81. The summed E-state index contributed by atoms with van der Waals surface area (Å²) in [5, 5.41) is 3.47. The second kappa shape index (κ2) is 7.13. The van der Waals surface area contributed by atoms with Crippen LogP contribution in [0, 0.1) is 5.92 Å². The summed E-state index contributed by atoms with van der Waals surface area (Å²) in [6, 6.07) is 0.549. The van der Waals surface area contributed by atoms with Crippen LogP contribution in [0.3, 0.4) is 0 Å². The monoisotopic (exact) mass is 252 g/mol. The highest BCUT2D eigenvalue weighted by molar-refractivity contribution is 5.78. The van der Waals surface area contributed by atoms with Gasteiger partial charge in [-0.25, -0.2) is 0 Å². The highest BCUT2D eigenvalue weighted by atomic mass is 16.2. The molecule has 1 N–H and O–H groups in total. The molecule has 1 heterocycles. The number of carbonyl (C=O) groups excluding carboxylic acids is 1. The first-order valence-corrected chi connectivity index (χ1v) is 7.80. The average molecular weight is 252 g/mol. The summed E-state index contributed by atoms with van der Waals surface area (Å²) in [5.41, 5.74) is 0. The van der Waals surface area contributed by atoms with E-state index in [0.717, 1.165) is 25.4 Å². The number of likely N-dealkylation sites (tertiary alicyclic amines) is 1. The fraction of sp³-hybridized carbons (Fsp3) is 0.933. The molecule has 0 aromatic heterocycles. The summed E-state index contributed by atoms with van der Waals surface area (Å²) in [5.74, 6) is 1.25. The van der Waals surface area contributed by atoms with Crippen LogP contribution in [0.5, 0.6) is 0 Å². The third-order valence-corrected chi connectivity index (χ3v) is 4.31. The van der Waals surface area contributed by atoms with Crippen molar-refractivity contribution in [3.05, 3.63) is 0 Å². The minimum atomic E-state index is 0.311. The molecule has 1 aliphatic heterocycles. The summed E-state index contributed by atoms with van der Waals surface area (Å²) in [7, 11) is 0. The van der Waals surface area contributed by atoms with E-state index in [4.69, 9.17) is 0 Å². The van der Waals surface area contributed by atoms with Crippen molar-refractivity contribution in [2.45, 2.75) is 64.3 Å². The molecular formula is C15H28N2O. The Morgan fingerprint density at radius 2 is 1.89 bits per heavy atom. The standard InChI is InChI=1S/C15H28N2O/c1-2-14(11-13-7-8-13)16-12-15(18)17-9-5-3-4-6-10-17/h13-14,16H,2-12H2,1H3. The van der Waals surface area contributed by atoms with Crippen molar-refractivity contribution in [3.8, 4) is 0 Å². The van der Waals surface area contributed by atoms with Crippen LogP contribution in [0.25, 0.3) is 0 Å². The third-order valence-electron chi connectivity index (χ3n) is 4.31. The summed E-state index contributed by atoms with van der Waals surface area (Å²) < 4.78 is 0. The van der Waals surface area contributed by atoms with Gasteiger partial charge in [-0.2, -0.15) is 0 Å². The van der Waals surface area contributed by atoms with Gasteiger partial charge in [-0.15, -0.1) is 0 Å². The smallest absolute Gasteiger partial charge is 0.236 e. The normalized spacial score (nSPS) is 22.6. The Bertz CT molecular complexity index is 255. The summed E-state index contributed by atoms with van der Waals surface area (Å²) in [6.45, 7) is 4.71. The lowest BCUT2D eigenvalue weighted by atomic mass is 10.1. The molecule has 0 aromatic rings. The zero-order valence-electron chi connectivity index (χ0n) is 11.8. The van der Waals surface area contributed by atoms with E-state index in [1.165, 1.54) is 44.9 Å². The van der Waals surface area contributed by atoms with Gasteiger partial charge in [0.1, 0.15) is 0 Å². The first-order chi connectivity index (χ1) is 8.79. The molecule has 1 amide bonds. The zero-order chi connectivity index (χ0) is 12.8. The molecular weight excluding hydrogens is 224 g/mol. The second-order valence-corrected chi connectivity index (χ2v) is 5.96. The summed E-state index contributed by atoms with van der Waals surface area (Å²) in [4.78, 5) is 14.2. The molecule has 0 bridgehead atoms. The Morgan fingerprint density at radius 3 is 2.44 bits per heavy atom. The first kappa shape index (κ1) is 13.9. The maximum absolute atomic E-state index is 12.1. The van der Waals surface area contributed by atoms with Crippen molar-refractivity contribution in [3.63, 3.8) is 0 Å². The number of rotatable bonds is 6. The van der Waals surface area contributed by atoms with Crippen molar-refractivity contribution in [2.24, 2.45) is 5.92 Å². The molecule has 1 aliphatic carbocycles. The lowest BCUT2D eigenvalue weighted by molar-refractivity contribution is -0.130. The van der Waals surface area contributed by atoms with Crippen LogP contribution in [0.1, 0.15) is 58.3 Å². The van der Waals surface area contributed by atoms with E-state index in [2.05, 4.69) is 17.1 Å². The predicted molar refractivity (Wildman–Crippen MR) is 74.5 cm³/mol. The number of hydrogen-bond acceptors (Lipinski definition) is 2. The molecule has 1 saturated heterocycles. The van der Waals surface area contributed by atoms with Gasteiger partial charge in [0.05, 0.1) is 6.54 Å². The van der Waals surface area contributed by atoms with Gasteiger partial charge in [0.25, 0.3) is 0 Å². The molecule has 0 spiro atoms. The molecule has 0 radical (unpaired) electrons. The van der Waals surface area contributed by atoms with Gasteiger partial charge < -0.3 is 10.2 Å². The predicted octanol–water partition coefficient (Wildman–Crippen LogP) is 2.56. The van der Waals surface area contributed by atoms with E-state index in [1.54, 1.807) is 0 Å². The van der Waals surface area contributed by atoms with Gasteiger partial charge in [-0.1, -0.05) is 32.6 Å². The Balaban J connectivity index is 1.68. The number of nitrogens with zero attached hydrogens (tertiary/aromatic N) is 1. The largest absolute Gasteiger partial charge is 0.342 e. The zero-order valence-corrected chi connectivity index (χ0v) is 11.8. The van der Waals surface area contributed by atoms with Crippen molar-refractivity contribution in [1.29, 1.82) is 0 Å². The maximum Gasteiger partial charge on any atom is 0.236 e. The van der Waals surface area contributed by atoms with Crippen LogP contribution in [-0.2, 0) is 4.79 Å². The van der Waals surface area contributed by atoms with E-state index < -0.39 is 0 Å². The summed E-state index contributed by atoms with van der Waals surface area (Å²) >= 11 is 0. The van der Waals surface area contributed by atoms with Gasteiger partial charge in [0.15, 0.2) is 0 Å². The van der Waals surface area contributed by atoms with E-state index >= 15 is 0 Å². The molecule has 1 unspecified atom stereocenters. The van der Waals surface area contributed by atoms with Gasteiger partial charge >= 0.3 is 0 Å². The SMILES string of the molecule is CCC(CC1CC1)NCC(=O)N1CCCCCC1. The Morgan fingerprint density at radius 1 is 1.22 bits per heavy atom. The molecule has 18 heavy (non-hydrogen) atoms. The van der Waals surface area contributed by atoms with Crippen LogP contribution in [0.15, 0.2) is 0 Å². The first-order valence-electron chi connectivity index (χ1n) is 7.80. The van der Waals surface area contributed by atoms with Gasteiger partial charge in [0, 0.05) is 19.1 Å². The molecule has 3 nitrogen and oxygen atoms in total. The molecule has 2 rings (SSSR count). The fourth-order valence-electron chi connectivity index (χ4n) is 2.81. The van der Waals surface area contributed by atoms with Gasteiger partial charge in [-0.3, -0.25) is 4.79 Å². The Kier molecular flexibility index (Phi) is 5.48. The lowest BCUT2D eigenvalue weighted by Crippen LogP contribution is -2.42. The van der Waals surface area contributed by atoms with Crippen LogP contribution in [0.2, 0.25) is 0 Å². The van der Waals surface area contributed by atoms with Crippen molar-refractivity contribution in [2.75, 3.05) is 19.6 Å². The highest BCUT2D eigenvalue weighted by Crippen LogP contribution is 2.33. The number of nitrogens with one attached hydrogen (secondary N) is 1. The van der Waals surface area contributed by atoms with Gasteiger partial charge in [0.2, 0.25) is 5.91 Å². The minimum Gasteiger partial charge on any atom is -0.342 e. The van der Waals surface area contributed by atoms with E-state index in [-0.39, 0.29) is 0 Å². The van der Waals surface area contributed by atoms with Crippen LogP contribution in [0.4, 0.5) is 0 Å². The van der Waals surface area contributed by atoms with E-state index in [0.29, 0.717) is 18.5 Å². The van der Waals surface area contributed by atoms with E-state index in [9.17, 15) is 4.79 Å². The molecule has 3 heteroatoms. The highest BCUT2D eigenvalue weighted by Gasteiger charge is 2.25. The van der Waals surface area contributed by atoms with Gasteiger partial charge in [-0.05, 0) is 31.6 Å². The molecule has 0 aromatic carbocycles. The van der Waals surface area contributed by atoms with Crippen LogP contribution >= 0.6 is 0 Å².